The lowest BCUT2D eigenvalue weighted by Gasteiger charge is -2.72. The molecule has 1 aromatic heterocycles. The third-order valence-electron chi connectivity index (χ3n) is 19.5. The van der Waals surface area contributed by atoms with E-state index < -0.39 is 78.2 Å². The van der Waals surface area contributed by atoms with Gasteiger partial charge in [0.15, 0.2) is 18.2 Å². The van der Waals surface area contributed by atoms with Gasteiger partial charge < -0.3 is 20.5 Å². The second kappa shape index (κ2) is 16.5. The van der Waals surface area contributed by atoms with Crippen LogP contribution in [0, 0.1) is 62.6 Å². The lowest BCUT2D eigenvalue weighted by Crippen LogP contribution is -2.68. The maximum absolute atomic E-state index is 14.7. The SMILES string of the molecule is COP(=O)(OC)OCn1nc(C(F)(F)F)cc1C(=O)NC1(C(=O)N[C@@]23CC[C@]4(C)[C@H](CC[C@@H]5[C@@]6(C)CC[C@H](OC(=O)[C@H]7C[C@@H](C(=O)O)C7(C)C)C(C)(C)[C@@H]6CC[C@]54C)C2=C(C(C)C)C(=O)C3)CC1. The normalized spacial score (nSPS) is 36.7. The second-order valence-corrected chi connectivity index (χ2v) is 25.4. The van der Waals surface area contributed by atoms with Gasteiger partial charge in [0.1, 0.15) is 17.3 Å². The number of ether oxygens (including phenoxy) is 1. The fourth-order valence-electron chi connectivity index (χ4n) is 15.2. The molecule has 0 saturated heterocycles. The fraction of sp³-hybridized carbons (Fsp3) is 0.796. The molecule has 1 heterocycles. The van der Waals surface area contributed by atoms with Gasteiger partial charge in [0, 0.05) is 32.1 Å². The number of esters is 1. The number of Topliss-reactive ketones (excluding diaryl/α,β-unsaturated/α-hetero) is 1. The number of allylic oxidation sites excluding steroid dienone is 1. The zero-order chi connectivity index (χ0) is 50.2. The lowest BCUT2D eigenvalue weighted by molar-refractivity contribution is -0.235. The quantitative estimate of drug-likeness (QED) is 0.125. The van der Waals surface area contributed by atoms with E-state index in [4.69, 9.17) is 18.3 Å². The van der Waals surface area contributed by atoms with Gasteiger partial charge >= 0.3 is 25.9 Å². The fourth-order valence-corrected chi connectivity index (χ4v) is 15.8. The third kappa shape index (κ3) is 7.65. The number of carboxylic acids is 1. The second-order valence-electron chi connectivity index (χ2n) is 23.5. The van der Waals surface area contributed by atoms with Crippen molar-refractivity contribution in [2.24, 2.45) is 62.6 Å². The molecule has 3 N–H and O–H groups in total. The van der Waals surface area contributed by atoms with Gasteiger partial charge in [0.25, 0.3) is 5.91 Å². The van der Waals surface area contributed by atoms with E-state index in [1.807, 2.05) is 27.7 Å². The number of nitrogens with one attached hydrogen (secondary N) is 2. The highest BCUT2D eigenvalue weighted by molar-refractivity contribution is 7.48. The molecule has 0 unspecified atom stereocenters. The third-order valence-corrected chi connectivity index (χ3v) is 20.8. The Morgan fingerprint density at radius 1 is 0.868 bits per heavy atom. The molecule has 7 aliphatic carbocycles. The molecule has 378 valence electrons. The predicted molar refractivity (Wildman–Crippen MR) is 240 cm³/mol. The summed E-state index contributed by atoms with van der Waals surface area (Å²) in [7, 11) is -2.13. The van der Waals surface area contributed by atoms with Gasteiger partial charge in [0.2, 0.25) is 5.91 Å². The van der Waals surface area contributed by atoms with Crippen molar-refractivity contribution >= 4 is 37.4 Å². The molecule has 2 amide bonds. The highest BCUT2D eigenvalue weighted by Crippen LogP contribution is 2.76. The molecule has 19 heteroatoms. The summed E-state index contributed by atoms with van der Waals surface area (Å²) >= 11 is 0. The molecule has 0 radical (unpaired) electrons. The van der Waals surface area contributed by atoms with Crippen LogP contribution < -0.4 is 10.6 Å². The van der Waals surface area contributed by atoms with Crippen molar-refractivity contribution in [3.05, 3.63) is 28.6 Å². The van der Waals surface area contributed by atoms with Crippen LogP contribution in [-0.4, -0.2) is 75.8 Å². The molecule has 0 bridgehead atoms. The number of carboxylic acid groups (broad SMARTS) is 1. The maximum Gasteiger partial charge on any atom is 0.476 e. The van der Waals surface area contributed by atoms with Crippen molar-refractivity contribution < 1.29 is 65.1 Å². The van der Waals surface area contributed by atoms with E-state index >= 15 is 0 Å². The van der Waals surface area contributed by atoms with E-state index in [-0.39, 0.29) is 83.0 Å². The number of phosphoric ester groups is 1. The monoisotopic (exact) mass is 978 g/mol. The van der Waals surface area contributed by atoms with Crippen LogP contribution >= 0.6 is 7.82 Å². The minimum atomic E-state index is -4.94. The molecule has 6 saturated carbocycles. The summed E-state index contributed by atoms with van der Waals surface area (Å²) in [5.41, 5.74) is -4.20. The molecule has 8 rings (SSSR count). The summed E-state index contributed by atoms with van der Waals surface area (Å²) in [6.45, 7) is 18.5. The largest absolute Gasteiger partial charge is 0.481 e. The van der Waals surface area contributed by atoms with Crippen LogP contribution in [0.25, 0.3) is 0 Å². The van der Waals surface area contributed by atoms with Gasteiger partial charge in [-0.1, -0.05) is 62.3 Å². The molecule has 15 nitrogen and oxygen atoms in total. The van der Waals surface area contributed by atoms with Crippen molar-refractivity contribution in [1.29, 1.82) is 0 Å². The molecule has 10 atom stereocenters. The van der Waals surface area contributed by atoms with E-state index in [9.17, 15) is 46.8 Å². The molecular formula is C49H70F3N4O11P. The average Bonchev–Trinajstić information content (AvgIpc) is 3.77. The van der Waals surface area contributed by atoms with E-state index in [1.54, 1.807) is 0 Å². The lowest BCUT2D eigenvalue weighted by atomic mass is 9.33. The summed E-state index contributed by atoms with van der Waals surface area (Å²) < 4.78 is 75.7. The number of amides is 2. The molecule has 0 spiro atoms. The van der Waals surface area contributed by atoms with Crippen LogP contribution in [0.2, 0.25) is 0 Å². The van der Waals surface area contributed by atoms with Crippen LogP contribution in [0.1, 0.15) is 156 Å². The standard InChI is InChI=1S/C49H70F3N4O11P/c1-26(2)36-31(57)24-48(54-41(62)47(20-21-47)53-38(58)30-23-34(49(50,51)52)55-56(30)25-66-68(63,64-10)65-11)19-18-45(8)27(37(36)48)12-13-33-44(7)16-15-35(43(5,6)32(44)14-17-46(33,45)9)67-40(61)29-22-28(39(59)60)42(29,3)4/h23,26-29,32-33,35H,12-22,24-25H2,1-11H3,(H,53,58)(H,54,62)(H,59,60)/t27-,28+,29-,32+,33-,35+,44+,45-,46-,48-/m1/s1. The zero-order valence-electron chi connectivity index (χ0n) is 41.3. The molecule has 0 aliphatic heterocycles. The van der Waals surface area contributed by atoms with Crippen molar-refractivity contribution in [3.8, 4) is 0 Å². The number of rotatable bonds is 13. The first-order valence-electron chi connectivity index (χ1n) is 24.3. The number of halogens is 3. The van der Waals surface area contributed by atoms with Crippen LogP contribution in [-0.2, 0) is 55.0 Å². The Hall–Kier alpha value is -3.60. The van der Waals surface area contributed by atoms with Crippen molar-refractivity contribution in [2.45, 2.75) is 169 Å². The van der Waals surface area contributed by atoms with E-state index in [0.29, 0.717) is 29.5 Å². The Morgan fingerprint density at radius 3 is 2.10 bits per heavy atom. The summed E-state index contributed by atoms with van der Waals surface area (Å²) in [5, 5.41) is 19.2. The number of aliphatic carboxylic acids is 1. The number of hydrogen-bond donors (Lipinski definition) is 3. The Labute approximate surface area is 396 Å². The first-order valence-corrected chi connectivity index (χ1v) is 25.7. The molecule has 0 aromatic carbocycles. The minimum Gasteiger partial charge on any atom is -0.481 e. The molecule has 7 aliphatic rings. The van der Waals surface area contributed by atoms with Gasteiger partial charge in [-0.2, -0.15) is 18.3 Å². The number of aromatic nitrogens is 2. The molecule has 68 heavy (non-hydrogen) atoms. The number of nitrogens with zero attached hydrogens (tertiary/aromatic N) is 2. The van der Waals surface area contributed by atoms with Crippen LogP contribution in [0.3, 0.4) is 0 Å². The molecule has 1 aromatic rings. The summed E-state index contributed by atoms with van der Waals surface area (Å²) in [6, 6.07) is 0.533. The van der Waals surface area contributed by atoms with Crippen LogP contribution in [0.4, 0.5) is 13.2 Å². The number of carbonyl (C=O) groups is 5. The number of ketones is 1. The topological polar surface area (TPSA) is 201 Å². The van der Waals surface area contributed by atoms with Gasteiger partial charge in [-0.25, -0.2) is 9.25 Å². The minimum absolute atomic E-state index is 0.0113. The van der Waals surface area contributed by atoms with Crippen LogP contribution in [0.15, 0.2) is 17.2 Å². The first-order chi connectivity index (χ1) is 31.4. The van der Waals surface area contributed by atoms with Crippen molar-refractivity contribution in [2.75, 3.05) is 14.2 Å². The Kier molecular flexibility index (Phi) is 12.3. The molecule has 6 fully saturated rings. The van der Waals surface area contributed by atoms with Crippen molar-refractivity contribution in [3.63, 3.8) is 0 Å². The average molecular weight is 979 g/mol. The van der Waals surface area contributed by atoms with Gasteiger partial charge in [-0.05, 0) is 127 Å². The Balaban J connectivity index is 1.03. The number of carbonyl (C=O) groups excluding carboxylic acids is 4. The number of fused-ring (bicyclic) bond motifs is 7. The Bertz CT molecular complexity index is 2370. The maximum atomic E-state index is 14.7. The van der Waals surface area contributed by atoms with Crippen LogP contribution in [0.5, 0.6) is 0 Å². The van der Waals surface area contributed by atoms with Gasteiger partial charge in [0.05, 0.1) is 17.4 Å². The first kappa shape index (κ1) is 50.8. The van der Waals surface area contributed by atoms with E-state index in [0.717, 1.165) is 63.9 Å². The Morgan fingerprint density at radius 2 is 1.53 bits per heavy atom. The number of phosphoric acid groups is 1. The predicted octanol–water partition coefficient (Wildman–Crippen LogP) is 9.05. The highest BCUT2D eigenvalue weighted by atomic mass is 31.2. The van der Waals surface area contributed by atoms with Gasteiger partial charge in [-0.3, -0.25) is 37.5 Å². The highest BCUT2D eigenvalue weighted by Gasteiger charge is 2.71. The summed E-state index contributed by atoms with van der Waals surface area (Å²) in [4.78, 5) is 68.4. The summed E-state index contributed by atoms with van der Waals surface area (Å²) in [5.74, 6) is -3.32. The van der Waals surface area contributed by atoms with E-state index in [1.165, 1.54) is 0 Å². The number of hydrogen-bond acceptors (Lipinski definition) is 11. The molecular weight excluding hydrogens is 909 g/mol. The number of alkyl halides is 3. The van der Waals surface area contributed by atoms with Gasteiger partial charge in [-0.15, -0.1) is 0 Å². The van der Waals surface area contributed by atoms with E-state index in [2.05, 4.69) is 50.4 Å². The summed E-state index contributed by atoms with van der Waals surface area (Å²) in [6.07, 6.45) is 1.96. The smallest absolute Gasteiger partial charge is 0.476 e. The van der Waals surface area contributed by atoms with Crippen molar-refractivity contribution in [1.82, 2.24) is 20.4 Å². The zero-order valence-corrected chi connectivity index (χ0v) is 42.2.